The van der Waals surface area contributed by atoms with E-state index < -0.39 is 30.1 Å². The Kier molecular flexibility index (Phi) is 11.0. The van der Waals surface area contributed by atoms with Gasteiger partial charge in [-0.15, -0.1) is 0 Å². The molecule has 210 valence electrons. The lowest BCUT2D eigenvalue weighted by Crippen LogP contribution is -2.69. The molecule has 2 saturated heterocycles. The lowest BCUT2D eigenvalue weighted by molar-refractivity contribution is -0.171. The standard InChI is InChI=1S/C27H46N4O6/c1-5-28-13-9-12-22-23(25(33)36-18-21-10-7-6-8-11-21)31(24(22)32)26(34)29-14-16-30(17-15-29)27(35)37-20(4)19(2)3/h19-23,28H,5-18H2,1-4H3/t20?,22-,23?/m1/s1. The number of hydrogen-bond donors (Lipinski definition) is 1. The number of ether oxygens (including phenoxy) is 2. The number of likely N-dealkylation sites (tertiary alicyclic amines) is 1. The van der Waals surface area contributed by atoms with Crippen LogP contribution in [0.1, 0.15) is 72.6 Å². The zero-order valence-electron chi connectivity index (χ0n) is 23.1. The first-order valence-corrected chi connectivity index (χ1v) is 14.2. The van der Waals surface area contributed by atoms with Gasteiger partial charge in [0.2, 0.25) is 5.91 Å². The Labute approximate surface area is 221 Å². The van der Waals surface area contributed by atoms with Crippen LogP contribution in [0.4, 0.5) is 9.59 Å². The highest BCUT2D eigenvalue weighted by molar-refractivity contribution is 6.07. The molecule has 0 spiro atoms. The summed E-state index contributed by atoms with van der Waals surface area (Å²) in [6.45, 7) is 11.0. The van der Waals surface area contributed by atoms with Crippen LogP contribution >= 0.6 is 0 Å². The van der Waals surface area contributed by atoms with Crippen molar-refractivity contribution in [3.8, 4) is 0 Å². The molecule has 2 aliphatic heterocycles. The Balaban J connectivity index is 1.58. The number of rotatable bonds is 10. The first kappa shape index (κ1) is 29.2. The van der Waals surface area contributed by atoms with Crippen molar-refractivity contribution >= 4 is 24.0 Å². The van der Waals surface area contributed by atoms with Crippen molar-refractivity contribution < 1.29 is 28.7 Å². The van der Waals surface area contributed by atoms with Crippen LogP contribution in [0.5, 0.6) is 0 Å². The normalized spacial score (nSPS) is 23.6. The molecular weight excluding hydrogens is 476 g/mol. The van der Waals surface area contributed by atoms with Gasteiger partial charge >= 0.3 is 18.1 Å². The number of urea groups is 1. The molecule has 1 N–H and O–H groups in total. The summed E-state index contributed by atoms with van der Waals surface area (Å²) in [5, 5.41) is 3.24. The summed E-state index contributed by atoms with van der Waals surface area (Å²) in [6, 6.07) is -1.35. The number of nitrogens with one attached hydrogen (secondary N) is 1. The Morgan fingerprint density at radius 1 is 1.00 bits per heavy atom. The van der Waals surface area contributed by atoms with Crippen LogP contribution in [0.3, 0.4) is 0 Å². The lowest BCUT2D eigenvalue weighted by atomic mass is 9.83. The maximum absolute atomic E-state index is 13.4. The summed E-state index contributed by atoms with van der Waals surface area (Å²) in [4.78, 5) is 56.2. The van der Waals surface area contributed by atoms with Gasteiger partial charge in [-0.3, -0.25) is 4.79 Å². The molecule has 3 aliphatic rings. The van der Waals surface area contributed by atoms with Gasteiger partial charge in [-0.25, -0.2) is 19.3 Å². The van der Waals surface area contributed by atoms with E-state index >= 15 is 0 Å². The van der Waals surface area contributed by atoms with Crippen LogP contribution < -0.4 is 5.32 Å². The van der Waals surface area contributed by atoms with Crippen molar-refractivity contribution in [2.24, 2.45) is 17.8 Å². The molecule has 10 nitrogen and oxygen atoms in total. The smallest absolute Gasteiger partial charge is 0.410 e. The molecular formula is C27H46N4O6. The summed E-state index contributed by atoms with van der Waals surface area (Å²) in [5.74, 6) is -0.748. The molecule has 10 heteroatoms. The van der Waals surface area contributed by atoms with Gasteiger partial charge in [-0.2, -0.15) is 0 Å². The topological polar surface area (TPSA) is 108 Å². The van der Waals surface area contributed by atoms with Gasteiger partial charge in [0.15, 0.2) is 6.04 Å². The number of esters is 1. The number of imide groups is 1. The molecule has 3 rings (SSSR count). The number of β-lactam (4-membered cyclic amide) rings is 1. The Morgan fingerprint density at radius 2 is 1.65 bits per heavy atom. The number of nitrogens with zero attached hydrogens (tertiary/aromatic N) is 3. The molecule has 2 heterocycles. The third-order valence-corrected chi connectivity index (χ3v) is 8.00. The third-order valence-electron chi connectivity index (χ3n) is 8.00. The molecule has 37 heavy (non-hydrogen) atoms. The maximum Gasteiger partial charge on any atom is 0.410 e. The van der Waals surface area contributed by atoms with Crippen LogP contribution in [0.15, 0.2) is 0 Å². The Bertz CT molecular complexity index is 792. The van der Waals surface area contributed by atoms with Crippen molar-refractivity contribution in [1.82, 2.24) is 20.0 Å². The van der Waals surface area contributed by atoms with Crippen molar-refractivity contribution in [2.45, 2.75) is 84.8 Å². The minimum atomic E-state index is -0.875. The van der Waals surface area contributed by atoms with Crippen LogP contribution in [-0.2, 0) is 19.1 Å². The quantitative estimate of drug-likeness (QED) is 0.267. The predicted molar refractivity (Wildman–Crippen MR) is 139 cm³/mol. The third kappa shape index (κ3) is 7.58. The minimum absolute atomic E-state index is 0.198. The largest absolute Gasteiger partial charge is 0.464 e. The van der Waals surface area contributed by atoms with Crippen molar-refractivity contribution in [1.29, 1.82) is 0 Å². The van der Waals surface area contributed by atoms with E-state index in [9.17, 15) is 19.2 Å². The summed E-state index contributed by atoms with van der Waals surface area (Å²) < 4.78 is 11.2. The van der Waals surface area contributed by atoms with Gasteiger partial charge in [0, 0.05) is 26.2 Å². The van der Waals surface area contributed by atoms with Crippen molar-refractivity contribution in [3.05, 3.63) is 0 Å². The average molecular weight is 523 g/mol. The molecule has 0 radical (unpaired) electrons. The van der Waals surface area contributed by atoms with Gasteiger partial charge in [0.25, 0.3) is 0 Å². The lowest BCUT2D eigenvalue weighted by Gasteiger charge is -2.46. The van der Waals surface area contributed by atoms with E-state index in [0.29, 0.717) is 32.0 Å². The SMILES string of the molecule is CCNCCC[C@H]1C(=O)N(C(=O)N2CCN(C(=O)OC(C)C(C)C)CC2)C1C(=O)OCC1CCCCC1. The van der Waals surface area contributed by atoms with Gasteiger partial charge in [-0.1, -0.05) is 40.0 Å². The van der Waals surface area contributed by atoms with Gasteiger partial charge < -0.3 is 24.6 Å². The molecule has 0 aromatic heterocycles. The Hall–Kier alpha value is -2.36. The Morgan fingerprint density at radius 3 is 2.27 bits per heavy atom. The van der Waals surface area contributed by atoms with E-state index in [1.807, 2.05) is 27.7 Å². The number of hydrogen-bond acceptors (Lipinski definition) is 7. The second-order valence-corrected chi connectivity index (χ2v) is 11.0. The number of carbonyl (C=O) groups excluding carboxylic acids is 4. The molecule has 2 unspecified atom stereocenters. The second kappa shape index (κ2) is 14.0. The summed E-state index contributed by atoms with van der Waals surface area (Å²) >= 11 is 0. The number of carbonyl (C=O) groups is 4. The highest BCUT2D eigenvalue weighted by Gasteiger charge is 2.56. The monoisotopic (exact) mass is 522 g/mol. The van der Waals surface area contributed by atoms with Crippen molar-refractivity contribution in [2.75, 3.05) is 45.9 Å². The fourth-order valence-corrected chi connectivity index (χ4v) is 5.18. The van der Waals surface area contributed by atoms with Crippen LogP contribution in [0, 0.1) is 17.8 Å². The molecule has 0 bridgehead atoms. The summed E-state index contributed by atoms with van der Waals surface area (Å²) in [7, 11) is 0. The number of piperazine rings is 1. The first-order valence-electron chi connectivity index (χ1n) is 14.2. The van der Waals surface area contributed by atoms with Gasteiger partial charge in [-0.05, 0) is 57.5 Å². The van der Waals surface area contributed by atoms with Crippen LogP contribution in [0.2, 0.25) is 0 Å². The summed E-state index contributed by atoms with van der Waals surface area (Å²) in [6.07, 6.45) is 6.31. The maximum atomic E-state index is 13.4. The number of amides is 4. The molecule has 3 fully saturated rings. The second-order valence-electron chi connectivity index (χ2n) is 11.0. The van der Waals surface area contributed by atoms with Gasteiger partial charge in [0.05, 0.1) is 12.5 Å². The average Bonchev–Trinajstić information content (AvgIpc) is 2.90. The zero-order valence-corrected chi connectivity index (χ0v) is 23.1. The first-order chi connectivity index (χ1) is 17.7. The molecule has 0 aromatic carbocycles. The van der Waals surface area contributed by atoms with E-state index in [-0.39, 0.29) is 31.0 Å². The van der Waals surface area contributed by atoms with E-state index in [4.69, 9.17) is 9.47 Å². The molecule has 1 saturated carbocycles. The zero-order chi connectivity index (χ0) is 26.9. The minimum Gasteiger partial charge on any atom is -0.464 e. The fraction of sp³-hybridized carbons (Fsp3) is 0.852. The summed E-state index contributed by atoms with van der Waals surface area (Å²) in [5.41, 5.74) is 0. The predicted octanol–water partition coefficient (Wildman–Crippen LogP) is 3.25. The van der Waals surface area contributed by atoms with E-state index in [1.54, 1.807) is 9.80 Å². The van der Waals surface area contributed by atoms with Crippen LogP contribution in [0.25, 0.3) is 0 Å². The van der Waals surface area contributed by atoms with Gasteiger partial charge in [0.1, 0.15) is 6.10 Å². The van der Waals surface area contributed by atoms with E-state index in [2.05, 4.69) is 5.32 Å². The van der Waals surface area contributed by atoms with Crippen LogP contribution in [-0.4, -0.2) is 96.7 Å². The molecule has 3 atom stereocenters. The molecule has 0 aromatic rings. The van der Waals surface area contributed by atoms with E-state index in [0.717, 1.165) is 50.1 Å². The van der Waals surface area contributed by atoms with E-state index in [1.165, 1.54) is 6.42 Å². The molecule has 1 aliphatic carbocycles. The fourth-order valence-electron chi connectivity index (χ4n) is 5.18. The highest BCUT2D eigenvalue weighted by atomic mass is 16.6. The highest BCUT2D eigenvalue weighted by Crippen LogP contribution is 2.33. The van der Waals surface area contributed by atoms with Crippen molar-refractivity contribution in [3.63, 3.8) is 0 Å². The molecule has 4 amide bonds.